The van der Waals surface area contributed by atoms with Crippen LogP contribution in [-0.4, -0.2) is 7.11 Å². The Morgan fingerprint density at radius 3 is 2.70 bits per heavy atom. The van der Waals surface area contributed by atoms with Gasteiger partial charge in [-0.1, -0.05) is 40.2 Å². The molecule has 0 atom stereocenters. The van der Waals surface area contributed by atoms with Gasteiger partial charge in [-0.15, -0.1) is 0 Å². The molecule has 0 saturated carbocycles. The number of para-hydroxylation sites is 1. The van der Waals surface area contributed by atoms with Crippen molar-refractivity contribution in [1.82, 2.24) is 0 Å². The van der Waals surface area contributed by atoms with Crippen LogP contribution >= 0.6 is 15.9 Å². The van der Waals surface area contributed by atoms with Gasteiger partial charge in [0.1, 0.15) is 6.61 Å². The second-order valence-electron chi connectivity index (χ2n) is 4.18. The van der Waals surface area contributed by atoms with Gasteiger partial charge in [0, 0.05) is 10.9 Å². The third-order valence-electron chi connectivity index (χ3n) is 2.86. The minimum Gasteiger partial charge on any atom is -0.493 e. The molecule has 2 aromatic rings. The van der Waals surface area contributed by atoms with Crippen LogP contribution < -0.4 is 9.47 Å². The summed E-state index contributed by atoms with van der Waals surface area (Å²) >= 11 is 3.44. The van der Waals surface area contributed by atoms with Gasteiger partial charge in [0.2, 0.25) is 0 Å². The van der Waals surface area contributed by atoms with Gasteiger partial charge in [0.05, 0.1) is 18.7 Å². The molecule has 0 fully saturated rings. The van der Waals surface area contributed by atoms with Crippen molar-refractivity contribution >= 4 is 15.9 Å². The lowest BCUT2D eigenvalue weighted by molar-refractivity contribution is 0.282. The highest BCUT2D eigenvalue weighted by atomic mass is 79.9. The van der Waals surface area contributed by atoms with Crippen LogP contribution in [0.1, 0.15) is 16.7 Å². The molecule has 0 N–H and O–H groups in total. The molecule has 0 aliphatic rings. The van der Waals surface area contributed by atoms with E-state index in [1.165, 1.54) is 0 Å². The number of nitrogens with zero attached hydrogens (tertiary/aromatic N) is 1. The summed E-state index contributed by atoms with van der Waals surface area (Å²) in [7, 11) is 1.62. The average molecular weight is 332 g/mol. The molecule has 0 aromatic heterocycles. The predicted octanol–water partition coefficient (Wildman–Crippen LogP) is 4.04. The first-order valence-electron chi connectivity index (χ1n) is 6.12. The molecule has 0 spiro atoms. The van der Waals surface area contributed by atoms with Crippen molar-refractivity contribution in [2.75, 3.05) is 7.11 Å². The van der Waals surface area contributed by atoms with Crippen LogP contribution in [-0.2, 0) is 11.9 Å². The number of methoxy groups -OCH3 is 1. The summed E-state index contributed by atoms with van der Waals surface area (Å²) in [5, 5.41) is 9.59. The molecule has 2 rings (SSSR count). The molecular weight excluding hydrogens is 318 g/mol. The fraction of sp³-hybridized carbons (Fsp3) is 0.188. The molecule has 2 aromatic carbocycles. The number of ether oxygens (including phenoxy) is 2. The van der Waals surface area contributed by atoms with E-state index in [0.717, 1.165) is 16.9 Å². The lowest BCUT2D eigenvalue weighted by Gasteiger charge is -2.14. The lowest BCUT2D eigenvalue weighted by Crippen LogP contribution is -2.00. The summed E-state index contributed by atoms with van der Waals surface area (Å²) in [6, 6.07) is 15.3. The first-order valence-corrected chi connectivity index (χ1v) is 7.24. The first kappa shape index (κ1) is 14.4. The molecule has 102 valence electrons. The molecule has 0 bridgehead atoms. The normalized spacial score (nSPS) is 9.85. The van der Waals surface area contributed by atoms with E-state index in [9.17, 15) is 0 Å². The summed E-state index contributed by atoms with van der Waals surface area (Å²) in [6.45, 7) is 0.399. The second kappa shape index (κ2) is 6.97. The van der Waals surface area contributed by atoms with E-state index in [2.05, 4.69) is 22.0 Å². The van der Waals surface area contributed by atoms with Gasteiger partial charge in [-0.25, -0.2) is 0 Å². The molecule has 0 amide bonds. The Morgan fingerprint density at radius 2 is 2.00 bits per heavy atom. The molecule has 0 saturated heterocycles. The van der Waals surface area contributed by atoms with Crippen molar-refractivity contribution in [1.29, 1.82) is 5.26 Å². The van der Waals surface area contributed by atoms with Gasteiger partial charge in [0.15, 0.2) is 11.5 Å². The number of halogens is 1. The maximum atomic E-state index is 8.89. The predicted molar refractivity (Wildman–Crippen MR) is 81.1 cm³/mol. The molecule has 0 radical (unpaired) electrons. The van der Waals surface area contributed by atoms with Crippen LogP contribution in [0, 0.1) is 11.3 Å². The van der Waals surface area contributed by atoms with Gasteiger partial charge in [-0.2, -0.15) is 5.26 Å². The summed E-state index contributed by atoms with van der Waals surface area (Å²) < 4.78 is 11.2. The monoisotopic (exact) mass is 331 g/mol. The van der Waals surface area contributed by atoms with Crippen molar-refractivity contribution in [2.45, 2.75) is 11.9 Å². The van der Waals surface area contributed by atoms with Crippen LogP contribution in [0.3, 0.4) is 0 Å². The second-order valence-corrected chi connectivity index (χ2v) is 4.74. The zero-order chi connectivity index (χ0) is 14.4. The number of benzene rings is 2. The van der Waals surface area contributed by atoms with Crippen LogP contribution in [0.25, 0.3) is 0 Å². The number of rotatable bonds is 5. The number of alkyl halides is 1. The van der Waals surface area contributed by atoms with Crippen molar-refractivity contribution in [2.24, 2.45) is 0 Å². The highest BCUT2D eigenvalue weighted by Crippen LogP contribution is 2.33. The van der Waals surface area contributed by atoms with Gasteiger partial charge >= 0.3 is 0 Å². The van der Waals surface area contributed by atoms with E-state index < -0.39 is 0 Å². The third-order valence-corrected chi connectivity index (χ3v) is 3.47. The molecule has 0 unspecified atom stereocenters. The summed E-state index contributed by atoms with van der Waals surface area (Å²) in [6.07, 6.45) is 0. The molecule has 0 aliphatic heterocycles. The van der Waals surface area contributed by atoms with E-state index in [0.29, 0.717) is 23.2 Å². The average Bonchev–Trinajstić information content (AvgIpc) is 2.52. The van der Waals surface area contributed by atoms with Crippen molar-refractivity contribution in [3.63, 3.8) is 0 Å². The van der Waals surface area contributed by atoms with Crippen LogP contribution in [0.5, 0.6) is 11.5 Å². The Morgan fingerprint density at radius 1 is 1.20 bits per heavy atom. The van der Waals surface area contributed by atoms with Gasteiger partial charge in [-0.3, -0.25) is 0 Å². The Kier molecular flexibility index (Phi) is 5.03. The van der Waals surface area contributed by atoms with Crippen molar-refractivity contribution in [3.8, 4) is 17.6 Å². The Bertz CT molecular complexity index is 612. The Labute approximate surface area is 126 Å². The van der Waals surface area contributed by atoms with Crippen LogP contribution in [0.15, 0.2) is 42.5 Å². The molecule has 4 heteroatoms. The standard InChI is InChI=1S/C16H14BrNO2/c1-19-15-7-3-6-14(9-17)16(15)20-11-13-5-2-4-12(8-13)10-18/h2-8H,9,11H2,1H3. The molecule has 3 nitrogen and oxygen atoms in total. The van der Waals surface area contributed by atoms with E-state index >= 15 is 0 Å². The summed E-state index contributed by atoms with van der Waals surface area (Å²) in [5.41, 5.74) is 2.61. The first-order chi connectivity index (χ1) is 9.78. The molecule has 0 aliphatic carbocycles. The number of nitriles is 1. The van der Waals surface area contributed by atoms with Gasteiger partial charge in [-0.05, 0) is 23.8 Å². The molecule has 0 heterocycles. The van der Waals surface area contributed by atoms with Crippen molar-refractivity contribution < 1.29 is 9.47 Å². The third kappa shape index (κ3) is 3.31. The quantitative estimate of drug-likeness (QED) is 0.776. The maximum absolute atomic E-state index is 8.89. The fourth-order valence-electron chi connectivity index (χ4n) is 1.88. The Hall–Kier alpha value is -1.99. The number of hydrogen-bond acceptors (Lipinski definition) is 3. The van der Waals surface area contributed by atoms with Gasteiger partial charge < -0.3 is 9.47 Å². The highest BCUT2D eigenvalue weighted by molar-refractivity contribution is 9.08. The maximum Gasteiger partial charge on any atom is 0.165 e. The SMILES string of the molecule is COc1cccc(CBr)c1OCc1cccc(C#N)c1. The Balaban J connectivity index is 2.20. The fourth-order valence-corrected chi connectivity index (χ4v) is 2.32. The van der Waals surface area contributed by atoms with Crippen LogP contribution in [0.2, 0.25) is 0 Å². The largest absolute Gasteiger partial charge is 0.493 e. The smallest absolute Gasteiger partial charge is 0.165 e. The van der Waals surface area contributed by atoms with Crippen molar-refractivity contribution in [3.05, 3.63) is 59.2 Å². The zero-order valence-electron chi connectivity index (χ0n) is 11.1. The summed E-state index contributed by atoms with van der Waals surface area (Å²) in [4.78, 5) is 0. The van der Waals surface area contributed by atoms with E-state index in [1.54, 1.807) is 13.2 Å². The van der Waals surface area contributed by atoms with Gasteiger partial charge in [0.25, 0.3) is 0 Å². The minimum absolute atomic E-state index is 0.399. The van der Waals surface area contributed by atoms with Crippen LogP contribution in [0.4, 0.5) is 0 Å². The molecular formula is C16H14BrNO2. The minimum atomic E-state index is 0.399. The van der Waals surface area contributed by atoms with E-state index in [1.807, 2.05) is 36.4 Å². The van der Waals surface area contributed by atoms with E-state index in [4.69, 9.17) is 14.7 Å². The zero-order valence-corrected chi connectivity index (χ0v) is 12.7. The summed E-state index contributed by atoms with van der Waals surface area (Å²) in [5.74, 6) is 1.44. The molecule has 20 heavy (non-hydrogen) atoms. The highest BCUT2D eigenvalue weighted by Gasteiger charge is 2.10. The topological polar surface area (TPSA) is 42.2 Å². The van der Waals surface area contributed by atoms with E-state index in [-0.39, 0.29) is 0 Å². The number of hydrogen-bond donors (Lipinski definition) is 0. The lowest BCUT2D eigenvalue weighted by atomic mass is 10.1.